The van der Waals surface area contributed by atoms with Crippen LogP contribution in [0.4, 0.5) is 0 Å². The van der Waals surface area contributed by atoms with Gasteiger partial charge in [0.15, 0.2) is 0 Å². The molecular formula is C23H19N3O3. The number of H-pyrrole nitrogens is 1. The zero-order valence-corrected chi connectivity index (χ0v) is 15.6. The molecule has 0 aliphatic carbocycles. The lowest BCUT2D eigenvalue weighted by Gasteiger charge is -2.21. The normalized spacial score (nSPS) is 11.2. The zero-order valence-electron chi connectivity index (χ0n) is 15.6. The lowest BCUT2D eigenvalue weighted by Crippen LogP contribution is -2.30. The van der Waals surface area contributed by atoms with Crippen molar-refractivity contribution in [2.75, 3.05) is 0 Å². The number of nitrogens with one attached hydrogen (secondary N) is 1. The first-order chi connectivity index (χ1) is 14.2. The molecule has 0 aliphatic heterocycles. The number of carbonyl (C=O) groups is 1. The third kappa shape index (κ3) is 4.50. The minimum Gasteiger partial charge on any atom is -0.465 e. The van der Waals surface area contributed by atoms with E-state index >= 15 is 0 Å². The molecule has 1 N–H and O–H groups in total. The standard InChI is InChI=1S/C23H19N3O3/c27-22(13-12-18-9-6-14-29-18)26(15-17-7-2-1-3-8-17)16-21-24-20-11-5-4-10-19(20)23(28)25-21/h1-14H,15-16H2,(H,24,25,28). The summed E-state index contributed by atoms with van der Waals surface area (Å²) in [6, 6.07) is 20.3. The van der Waals surface area contributed by atoms with E-state index in [0.29, 0.717) is 29.0 Å². The molecule has 0 radical (unpaired) electrons. The Balaban J connectivity index is 1.62. The van der Waals surface area contributed by atoms with Gasteiger partial charge in [0.1, 0.15) is 11.6 Å². The number of hydrogen-bond donors (Lipinski definition) is 1. The summed E-state index contributed by atoms with van der Waals surface area (Å²) in [7, 11) is 0. The first kappa shape index (κ1) is 18.4. The molecule has 0 saturated heterocycles. The molecule has 0 aliphatic rings. The summed E-state index contributed by atoms with van der Waals surface area (Å²) in [5.74, 6) is 0.820. The highest BCUT2D eigenvalue weighted by molar-refractivity contribution is 5.91. The second-order valence-corrected chi connectivity index (χ2v) is 6.56. The van der Waals surface area contributed by atoms with Crippen LogP contribution in [0.25, 0.3) is 17.0 Å². The van der Waals surface area contributed by atoms with E-state index in [1.54, 1.807) is 47.6 Å². The van der Waals surface area contributed by atoms with Gasteiger partial charge in [0.05, 0.1) is 23.7 Å². The maximum Gasteiger partial charge on any atom is 0.258 e. The summed E-state index contributed by atoms with van der Waals surface area (Å²) in [6.07, 6.45) is 4.63. The van der Waals surface area contributed by atoms with Crippen LogP contribution in [0.5, 0.6) is 0 Å². The van der Waals surface area contributed by atoms with Crippen LogP contribution in [0.3, 0.4) is 0 Å². The number of hydrogen-bond acceptors (Lipinski definition) is 4. The first-order valence-corrected chi connectivity index (χ1v) is 9.21. The number of fused-ring (bicyclic) bond motifs is 1. The van der Waals surface area contributed by atoms with E-state index in [9.17, 15) is 9.59 Å². The average molecular weight is 385 g/mol. The lowest BCUT2D eigenvalue weighted by molar-refractivity contribution is -0.127. The van der Waals surface area contributed by atoms with Gasteiger partial charge in [0, 0.05) is 12.6 Å². The number of para-hydroxylation sites is 1. The van der Waals surface area contributed by atoms with Crippen molar-refractivity contribution >= 4 is 22.9 Å². The van der Waals surface area contributed by atoms with Crippen molar-refractivity contribution in [2.45, 2.75) is 13.1 Å². The molecule has 4 aromatic rings. The van der Waals surface area contributed by atoms with Crippen LogP contribution in [0.15, 0.2) is 88.3 Å². The third-order valence-corrected chi connectivity index (χ3v) is 4.46. The molecule has 29 heavy (non-hydrogen) atoms. The highest BCUT2D eigenvalue weighted by Gasteiger charge is 2.15. The van der Waals surface area contributed by atoms with Crippen LogP contribution in [0.1, 0.15) is 17.1 Å². The van der Waals surface area contributed by atoms with Gasteiger partial charge in [0.25, 0.3) is 5.56 Å². The summed E-state index contributed by atoms with van der Waals surface area (Å²) < 4.78 is 5.25. The number of rotatable bonds is 6. The van der Waals surface area contributed by atoms with Crippen molar-refractivity contribution in [1.82, 2.24) is 14.9 Å². The van der Waals surface area contributed by atoms with Crippen LogP contribution in [-0.4, -0.2) is 20.8 Å². The van der Waals surface area contributed by atoms with Crippen LogP contribution in [-0.2, 0) is 17.9 Å². The summed E-state index contributed by atoms with van der Waals surface area (Å²) in [6.45, 7) is 0.564. The molecule has 0 saturated carbocycles. The minimum atomic E-state index is -0.219. The third-order valence-electron chi connectivity index (χ3n) is 4.46. The van der Waals surface area contributed by atoms with E-state index in [-0.39, 0.29) is 18.0 Å². The molecule has 6 nitrogen and oxygen atoms in total. The second-order valence-electron chi connectivity index (χ2n) is 6.56. The van der Waals surface area contributed by atoms with Crippen molar-refractivity contribution in [3.8, 4) is 0 Å². The Morgan fingerprint density at radius 1 is 1.00 bits per heavy atom. The van der Waals surface area contributed by atoms with Gasteiger partial charge in [0.2, 0.25) is 5.91 Å². The molecule has 2 aromatic carbocycles. The molecule has 2 heterocycles. The Morgan fingerprint density at radius 3 is 2.59 bits per heavy atom. The quantitative estimate of drug-likeness (QED) is 0.513. The predicted octanol–water partition coefficient (Wildman–Crippen LogP) is 3.76. The molecule has 4 rings (SSSR count). The van der Waals surface area contributed by atoms with Gasteiger partial charge in [-0.25, -0.2) is 4.98 Å². The van der Waals surface area contributed by atoms with E-state index in [2.05, 4.69) is 9.97 Å². The van der Waals surface area contributed by atoms with Gasteiger partial charge in [-0.15, -0.1) is 0 Å². The molecule has 0 fully saturated rings. The van der Waals surface area contributed by atoms with E-state index in [1.165, 1.54) is 6.08 Å². The number of carbonyl (C=O) groups excluding carboxylic acids is 1. The van der Waals surface area contributed by atoms with Crippen molar-refractivity contribution in [1.29, 1.82) is 0 Å². The predicted molar refractivity (Wildman–Crippen MR) is 111 cm³/mol. The van der Waals surface area contributed by atoms with E-state index < -0.39 is 0 Å². The number of furan rings is 1. The Hall–Kier alpha value is -3.93. The SMILES string of the molecule is O=C(C=Cc1ccco1)N(Cc1ccccc1)Cc1nc2ccccc2c(=O)[nH]1. The maximum atomic E-state index is 12.9. The Labute approximate surface area is 167 Å². The van der Waals surface area contributed by atoms with Gasteiger partial charge in [-0.3, -0.25) is 9.59 Å². The number of aromatic nitrogens is 2. The molecule has 0 bridgehead atoms. The molecule has 6 heteroatoms. The van der Waals surface area contributed by atoms with Gasteiger partial charge in [-0.1, -0.05) is 42.5 Å². The average Bonchev–Trinajstić information content (AvgIpc) is 3.26. The van der Waals surface area contributed by atoms with E-state index in [1.807, 2.05) is 36.4 Å². The number of amides is 1. The monoisotopic (exact) mass is 385 g/mol. The summed E-state index contributed by atoms with van der Waals surface area (Å²) in [5, 5.41) is 0.523. The molecular weight excluding hydrogens is 366 g/mol. The fourth-order valence-corrected chi connectivity index (χ4v) is 3.05. The van der Waals surface area contributed by atoms with Crippen molar-refractivity contribution in [3.05, 3.63) is 107 Å². The molecule has 2 aromatic heterocycles. The highest BCUT2D eigenvalue weighted by atomic mass is 16.3. The topological polar surface area (TPSA) is 79.2 Å². The Kier molecular flexibility index (Phi) is 5.33. The fourth-order valence-electron chi connectivity index (χ4n) is 3.05. The number of benzene rings is 2. The van der Waals surface area contributed by atoms with Crippen LogP contribution < -0.4 is 5.56 Å². The largest absolute Gasteiger partial charge is 0.465 e. The number of aromatic amines is 1. The molecule has 1 amide bonds. The first-order valence-electron chi connectivity index (χ1n) is 9.21. The summed E-state index contributed by atoms with van der Waals surface area (Å²) in [5.41, 5.74) is 1.36. The molecule has 0 spiro atoms. The fraction of sp³-hybridized carbons (Fsp3) is 0.0870. The van der Waals surface area contributed by atoms with Gasteiger partial charge in [-0.05, 0) is 35.9 Å². The van der Waals surface area contributed by atoms with Crippen molar-refractivity contribution in [3.63, 3.8) is 0 Å². The lowest BCUT2D eigenvalue weighted by atomic mass is 10.2. The van der Waals surface area contributed by atoms with Crippen LogP contribution in [0.2, 0.25) is 0 Å². The smallest absolute Gasteiger partial charge is 0.258 e. The highest BCUT2D eigenvalue weighted by Crippen LogP contribution is 2.12. The van der Waals surface area contributed by atoms with Crippen molar-refractivity contribution in [2.24, 2.45) is 0 Å². The summed E-state index contributed by atoms with van der Waals surface area (Å²) in [4.78, 5) is 34.2. The Bertz CT molecular complexity index is 1200. The zero-order chi connectivity index (χ0) is 20.1. The van der Waals surface area contributed by atoms with Gasteiger partial charge in [-0.2, -0.15) is 0 Å². The van der Waals surface area contributed by atoms with Crippen LogP contribution in [0, 0.1) is 0 Å². The second kappa shape index (κ2) is 8.39. The minimum absolute atomic E-state index is 0.177. The Morgan fingerprint density at radius 2 is 1.79 bits per heavy atom. The summed E-state index contributed by atoms with van der Waals surface area (Å²) >= 11 is 0. The molecule has 144 valence electrons. The van der Waals surface area contributed by atoms with E-state index in [0.717, 1.165) is 5.56 Å². The van der Waals surface area contributed by atoms with E-state index in [4.69, 9.17) is 4.42 Å². The maximum absolute atomic E-state index is 12.9. The molecule has 0 unspecified atom stereocenters. The van der Waals surface area contributed by atoms with Gasteiger partial charge >= 0.3 is 0 Å². The van der Waals surface area contributed by atoms with Crippen molar-refractivity contribution < 1.29 is 9.21 Å². The van der Waals surface area contributed by atoms with Crippen LogP contribution >= 0.6 is 0 Å². The molecule has 0 atom stereocenters. The van der Waals surface area contributed by atoms with Gasteiger partial charge < -0.3 is 14.3 Å². The number of nitrogens with zero attached hydrogens (tertiary/aromatic N) is 2.